The Kier molecular flexibility index (Phi) is 8.78. The van der Waals surface area contributed by atoms with Gasteiger partial charge in [-0.2, -0.15) is 0 Å². The van der Waals surface area contributed by atoms with Crippen molar-refractivity contribution in [2.45, 2.75) is 13.2 Å². The minimum absolute atomic E-state index is 0.257. The third-order valence-electron chi connectivity index (χ3n) is 6.77. The average molecular weight is 557 g/mol. The molecular formula is C27H33FN6O4S. The number of aromatic amines is 1. The summed E-state index contributed by atoms with van der Waals surface area (Å²) >= 11 is 4.41. The van der Waals surface area contributed by atoms with E-state index in [0.29, 0.717) is 37.8 Å². The number of rotatable bonds is 8. The van der Waals surface area contributed by atoms with E-state index in [1.807, 2.05) is 19.1 Å². The molecule has 2 aliphatic heterocycles. The number of pyridine rings is 1. The number of nitrogens with one attached hydrogen (secondary N) is 2. The van der Waals surface area contributed by atoms with E-state index in [9.17, 15) is 9.18 Å². The Morgan fingerprint density at radius 1 is 1.15 bits per heavy atom. The van der Waals surface area contributed by atoms with Gasteiger partial charge >= 0.3 is 6.03 Å². The highest BCUT2D eigenvalue weighted by Crippen LogP contribution is 2.36. The summed E-state index contributed by atoms with van der Waals surface area (Å²) in [4.78, 5) is 27.0. The van der Waals surface area contributed by atoms with Crippen LogP contribution in [0.2, 0.25) is 0 Å². The van der Waals surface area contributed by atoms with E-state index in [0.717, 1.165) is 49.7 Å². The zero-order valence-corrected chi connectivity index (χ0v) is 22.7. The van der Waals surface area contributed by atoms with Crippen LogP contribution < -0.4 is 5.32 Å². The lowest BCUT2D eigenvalue weighted by molar-refractivity contribution is -0.233. The van der Waals surface area contributed by atoms with Crippen molar-refractivity contribution < 1.29 is 23.4 Å². The summed E-state index contributed by atoms with van der Waals surface area (Å²) in [7, 11) is 0. The van der Waals surface area contributed by atoms with Crippen LogP contribution in [0.3, 0.4) is 0 Å². The van der Waals surface area contributed by atoms with Crippen molar-refractivity contribution in [2.24, 2.45) is 5.41 Å². The number of thiol groups is 1. The average Bonchev–Trinajstić information content (AvgIpc) is 3.40. The van der Waals surface area contributed by atoms with Gasteiger partial charge in [0.1, 0.15) is 5.82 Å². The van der Waals surface area contributed by atoms with Gasteiger partial charge in [-0.05, 0) is 36.4 Å². The van der Waals surface area contributed by atoms with Crippen molar-refractivity contribution in [2.75, 3.05) is 59.2 Å². The van der Waals surface area contributed by atoms with E-state index in [1.54, 1.807) is 24.5 Å². The van der Waals surface area contributed by atoms with Crippen LogP contribution in [0.1, 0.15) is 19.0 Å². The van der Waals surface area contributed by atoms with Crippen LogP contribution in [0.4, 0.5) is 9.18 Å². The largest absolute Gasteiger partial charge is 0.379 e. The molecule has 2 fully saturated rings. The highest BCUT2D eigenvalue weighted by atomic mass is 32.1. The Balaban J connectivity index is 1.20. The van der Waals surface area contributed by atoms with Gasteiger partial charge in [0, 0.05) is 61.7 Å². The van der Waals surface area contributed by atoms with Crippen LogP contribution in [0.5, 0.6) is 0 Å². The molecule has 0 atom stereocenters. The van der Waals surface area contributed by atoms with Crippen LogP contribution in [-0.2, 0) is 14.2 Å². The standard InChI is InChI=1S/C27H33FN6O4S/c1-27(16-34(39)26(35)30-10-11-33-12-14-36-15-13-33)17-37-25(38-18-27)24-31-22(19-2-4-21(28)5-3-19)23(32-24)20-6-8-29-9-7-20/h2-9,25,39H,10-18H2,1H3,(H,30,35)(H,31,32). The molecule has 2 saturated heterocycles. The first kappa shape index (κ1) is 27.5. The normalized spacial score (nSPS) is 22.0. The first-order valence-corrected chi connectivity index (χ1v) is 13.3. The van der Waals surface area contributed by atoms with Crippen LogP contribution in [-0.4, -0.2) is 89.3 Å². The van der Waals surface area contributed by atoms with Gasteiger partial charge in [-0.3, -0.25) is 14.2 Å². The smallest absolute Gasteiger partial charge is 0.327 e. The van der Waals surface area contributed by atoms with E-state index in [-0.39, 0.29) is 11.8 Å². The Labute approximate surface area is 232 Å². The second-order valence-corrected chi connectivity index (χ2v) is 10.6. The molecule has 2 aliphatic rings. The highest BCUT2D eigenvalue weighted by molar-refractivity contribution is 7.78. The molecule has 12 heteroatoms. The van der Waals surface area contributed by atoms with E-state index >= 15 is 0 Å². The number of ether oxygens (including phenoxy) is 3. The minimum Gasteiger partial charge on any atom is -0.379 e. The molecule has 0 aliphatic carbocycles. The van der Waals surface area contributed by atoms with Crippen LogP contribution in [0, 0.1) is 11.2 Å². The quantitative estimate of drug-likeness (QED) is 0.365. The molecular weight excluding hydrogens is 523 g/mol. The zero-order valence-electron chi connectivity index (χ0n) is 21.8. The van der Waals surface area contributed by atoms with Gasteiger partial charge in [0.2, 0.25) is 6.29 Å². The van der Waals surface area contributed by atoms with Gasteiger partial charge < -0.3 is 24.5 Å². The third kappa shape index (κ3) is 6.95. The summed E-state index contributed by atoms with van der Waals surface area (Å²) in [6.07, 6.45) is 2.68. The van der Waals surface area contributed by atoms with Gasteiger partial charge in [0.05, 0.1) is 37.8 Å². The van der Waals surface area contributed by atoms with Crippen molar-refractivity contribution in [3.05, 3.63) is 60.4 Å². The zero-order chi connectivity index (χ0) is 27.2. The summed E-state index contributed by atoms with van der Waals surface area (Å²) in [5.41, 5.74) is 2.60. The maximum absolute atomic E-state index is 13.6. The third-order valence-corrected chi connectivity index (χ3v) is 7.10. The van der Waals surface area contributed by atoms with Gasteiger partial charge in [-0.15, -0.1) is 0 Å². The Morgan fingerprint density at radius 3 is 2.54 bits per heavy atom. The molecule has 0 saturated carbocycles. The molecule has 2 N–H and O–H groups in total. The van der Waals surface area contributed by atoms with Crippen molar-refractivity contribution in [3.8, 4) is 22.5 Å². The van der Waals surface area contributed by atoms with Crippen molar-refractivity contribution in [3.63, 3.8) is 0 Å². The molecule has 2 amide bonds. The second-order valence-electron chi connectivity index (χ2n) is 10.1. The van der Waals surface area contributed by atoms with E-state index in [2.05, 4.69) is 33.0 Å². The summed E-state index contributed by atoms with van der Waals surface area (Å²) < 4.78 is 32.4. The van der Waals surface area contributed by atoms with E-state index in [1.165, 1.54) is 16.4 Å². The predicted molar refractivity (Wildman–Crippen MR) is 146 cm³/mol. The topological polar surface area (TPSA) is 105 Å². The fraction of sp³-hybridized carbons (Fsp3) is 0.444. The Hall–Kier alpha value is -3.03. The SMILES string of the molecule is CC1(CN(S)C(=O)NCCN2CCOCC2)COC(c2nc(-c3ccc(F)cc3)c(-c3ccncc3)[nH]2)OC1. The predicted octanol–water partition coefficient (Wildman–Crippen LogP) is 3.52. The number of benzene rings is 1. The monoisotopic (exact) mass is 556 g/mol. The summed E-state index contributed by atoms with van der Waals surface area (Å²) in [5, 5.41) is 2.92. The molecule has 208 valence electrons. The van der Waals surface area contributed by atoms with E-state index < -0.39 is 11.7 Å². The van der Waals surface area contributed by atoms with Gasteiger partial charge in [0.15, 0.2) is 5.82 Å². The summed E-state index contributed by atoms with van der Waals surface area (Å²) in [6.45, 7) is 7.52. The van der Waals surface area contributed by atoms with Crippen LogP contribution in [0.15, 0.2) is 48.8 Å². The van der Waals surface area contributed by atoms with E-state index in [4.69, 9.17) is 19.2 Å². The van der Waals surface area contributed by atoms with Crippen molar-refractivity contribution >= 4 is 18.8 Å². The molecule has 1 aromatic carbocycles. The minimum atomic E-state index is -0.719. The van der Waals surface area contributed by atoms with Crippen LogP contribution >= 0.6 is 12.8 Å². The molecule has 0 radical (unpaired) electrons. The maximum atomic E-state index is 13.6. The number of nitrogens with zero attached hydrogens (tertiary/aromatic N) is 4. The first-order chi connectivity index (χ1) is 18.9. The molecule has 0 bridgehead atoms. The molecule has 0 unspecified atom stereocenters. The van der Waals surface area contributed by atoms with Gasteiger partial charge in [-0.1, -0.05) is 19.7 Å². The number of halogens is 1. The molecule has 10 nitrogen and oxygen atoms in total. The number of hydrogen-bond acceptors (Lipinski definition) is 8. The lowest BCUT2D eigenvalue weighted by atomic mass is 9.92. The number of aromatic nitrogens is 3. The number of morpholine rings is 1. The number of urea groups is 1. The molecule has 39 heavy (non-hydrogen) atoms. The maximum Gasteiger partial charge on any atom is 0.327 e. The fourth-order valence-corrected chi connectivity index (χ4v) is 5.02. The number of carbonyl (C=O) groups excluding carboxylic acids is 1. The Bertz CT molecular complexity index is 1230. The number of imidazole rings is 1. The highest BCUT2D eigenvalue weighted by Gasteiger charge is 2.37. The van der Waals surface area contributed by atoms with Gasteiger partial charge in [0.25, 0.3) is 0 Å². The van der Waals surface area contributed by atoms with Gasteiger partial charge in [-0.25, -0.2) is 14.2 Å². The molecule has 5 rings (SSSR count). The number of carbonyl (C=O) groups is 1. The second kappa shape index (κ2) is 12.4. The molecule has 0 spiro atoms. The number of hydrogen-bond donors (Lipinski definition) is 3. The molecule has 2 aromatic heterocycles. The van der Waals surface area contributed by atoms with Crippen LogP contribution in [0.25, 0.3) is 22.5 Å². The lowest BCUT2D eigenvalue weighted by Gasteiger charge is -2.38. The lowest BCUT2D eigenvalue weighted by Crippen LogP contribution is -2.48. The summed E-state index contributed by atoms with van der Waals surface area (Å²) in [6, 6.07) is 9.67. The van der Waals surface area contributed by atoms with Crippen molar-refractivity contribution in [1.82, 2.24) is 29.5 Å². The molecule has 3 aromatic rings. The Morgan fingerprint density at radius 2 is 1.85 bits per heavy atom. The number of amides is 2. The molecule has 4 heterocycles. The summed E-state index contributed by atoms with van der Waals surface area (Å²) in [5.74, 6) is 0.189. The van der Waals surface area contributed by atoms with Crippen molar-refractivity contribution in [1.29, 1.82) is 0 Å². The fourth-order valence-electron chi connectivity index (χ4n) is 4.61. The first-order valence-electron chi connectivity index (χ1n) is 12.9. The number of H-pyrrole nitrogens is 1.